The average molecular weight is 244 g/mol. The molecule has 2 rings (SSSR count). The van der Waals surface area contributed by atoms with Gasteiger partial charge in [-0.3, -0.25) is 0 Å². The van der Waals surface area contributed by atoms with Gasteiger partial charge < -0.3 is 10.6 Å². The number of hydrogen-bond acceptors (Lipinski definition) is 2. The van der Waals surface area contributed by atoms with Crippen LogP contribution in [0, 0.1) is 0 Å². The van der Waals surface area contributed by atoms with Crippen LogP contribution in [0.2, 0.25) is 0 Å². The molecule has 0 unspecified atom stereocenters. The molecule has 94 valence electrons. The second kappa shape index (κ2) is 4.47. The van der Waals surface area contributed by atoms with Gasteiger partial charge in [-0.05, 0) is 30.5 Å². The molecule has 1 aliphatic heterocycles. The standard InChI is InChI=1S/C12H15F3N2/c13-12(14,15)6-8-17-7-2-3-9-10(16)4-1-5-11(9)17/h1,4-5H,2-3,6-8,16H2. The first kappa shape index (κ1) is 12.1. The summed E-state index contributed by atoms with van der Waals surface area (Å²) in [5.41, 5.74) is 8.36. The molecule has 2 N–H and O–H groups in total. The number of nitrogens with two attached hydrogens (primary N) is 1. The van der Waals surface area contributed by atoms with Crippen molar-refractivity contribution in [1.29, 1.82) is 0 Å². The molecule has 1 aliphatic rings. The number of anilines is 2. The van der Waals surface area contributed by atoms with Crippen LogP contribution in [0.25, 0.3) is 0 Å². The second-order valence-corrected chi connectivity index (χ2v) is 4.30. The number of hydrogen-bond donors (Lipinski definition) is 1. The molecular weight excluding hydrogens is 229 g/mol. The van der Waals surface area contributed by atoms with E-state index in [1.165, 1.54) is 0 Å². The third-order valence-electron chi connectivity index (χ3n) is 3.05. The predicted molar refractivity (Wildman–Crippen MR) is 62.1 cm³/mol. The van der Waals surface area contributed by atoms with Crippen LogP contribution in [-0.4, -0.2) is 19.3 Å². The summed E-state index contributed by atoms with van der Waals surface area (Å²) >= 11 is 0. The van der Waals surface area contributed by atoms with Gasteiger partial charge in [0.2, 0.25) is 0 Å². The molecule has 0 fully saturated rings. The van der Waals surface area contributed by atoms with Crippen LogP contribution in [0.1, 0.15) is 18.4 Å². The highest BCUT2D eigenvalue weighted by Crippen LogP contribution is 2.32. The Labute approximate surface area is 98.2 Å². The van der Waals surface area contributed by atoms with E-state index in [2.05, 4.69) is 0 Å². The Kier molecular flexibility index (Phi) is 3.17. The summed E-state index contributed by atoms with van der Waals surface area (Å²) in [6.45, 7) is 0.687. The van der Waals surface area contributed by atoms with Gasteiger partial charge in [0.05, 0.1) is 6.42 Å². The molecule has 0 radical (unpaired) electrons. The Balaban J connectivity index is 2.15. The van der Waals surface area contributed by atoms with Crippen molar-refractivity contribution in [3.05, 3.63) is 23.8 Å². The maximum absolute atomic E-state index is 12.2. The zero-order valence-corrected chi connectivity index (χ0v) is 9.43. The Morgan fingerprint density at radius 3 is 2.76 bits per heavy atom. The molecule has 17 heavy (non-hydrogen) atoms. The minimum atomic E-state index is -4.10. The minimum Gasteiger partial charge on any atom is -0.398 e. The van der Waals surface area contributed by atoms with Gasteiger partial charge in [0.1, 0.15) is 0 Å². The summed E-state index contributed by atoms with van der Waals surface area (Å²) in [6, 6.07) is 5.44. The third-order valence-corrected chi connectivity index (χ3v) is 3.05. The van der Waals surface area contributed by atoms with Gasteiger partial charge in [0.15, 0.2) is 0 Å². The van der Waals surface area contributed by atoms with Gasteiger partial charge in [0, 0.05) is 24.5 Å². The minimum absolute atomic E-state index is 0.0138. The second-order valence-electron chi connectivity index (χ2n) is 4.30. The van der Waals surface area contributed by atoms with Crippen LogP contribution in [0.4, 0.5) is 24.5 Å². The Bertz CT molecular complexity index is 401. The monoisotopic (exact) mass is 244 g/mol. The number of nitrogens with zero attached hydrogens (tertiary/aromatic N) is 1. The molecule has 1 heterocycles. The van der Waals surface area contributed by atoms with E-state index in [1.807, 2.05) is 6.07 Å². The largest absolute Gasteiger partial charge is 0.398 e. The van der Waals surface area contributed by atoms with Crippen LogP contribution >= 0.6 is 0 Å². The van der Waals surface area contributed by atoms with Crippen molar-refractivity contribution in [2.45, 2.75) is 25.4 Å². The molecule has 0 aliphatic carbocycles. The Hall–Kier alpha value is -1.39. The number of nitrogen functional groups attached to an aromatic ring is 1. The molecule has 5 heteroatoms. The number of fused-ring (bicyclic) bond motifs is 1. The molecule has 2 nitrogen and oxygen atoms in total. The first-order valence-electron chi connectivity index (χ1n) is 5.66. The fourth-order valence-electron chi connectivity index (χ4n) is 2.22. The highest BCUT2D eigenvalue weighted by atomic mass is 19.4. The van der Waals surface area contributed by atoms with Crippen molar-refractivity contribution in [2.75, 3.05) is 23.7 Å². The quantitative estimate of drug-likeness (QED) is 0.810. The molecule has 1 aromatic carbocycles. The number of halogens is 3. The fraction of sp³-hybridized carbons (Fsp3) is 0.500. The number of rotatable bonds is 2. The maximum atomic E-state index is 12.2. The summed E-state index contributed by atoms with van der Waals surface area (Å²) in [4.78, 5) is 1.78. The molecule has 0 atom stereocenters. The molecule has 0 saturated heterocycles. The predicted octanol–water partition coefficient (Wildman–Crippen LogP) is 2.97. The molecule has 0 amide bonds. The van der Waals surface area contributed by atoms with Crippen LogP contribution in [0.5, 0.6) is 0 Å². The Morgan fingerprint density at radius 2 is 2.06 bits per heavy atom. The van der Waals surface area contributed by atoms with Gasteiger partial charge in [0.25, 0.3) is 0 Å². The zero-order valence-electron chi connectivity index (χ0n) is 9.43. The van der Waals surface area contributed by atoms with E-state index in [0.717, 1.165) is 24.1 Å². The van der Waals surface area contributed by atoms with Gasteiger partial charge in [-0.25, -0.2) is 0 Å². The van der Waals surface area contributed by atoms with Crippen molar-refractivity contribution < 1.29 is 13.2 Å². The summed E-state index contributed by atoms with van der Waals surface area (Å²) in [6.07, 6.45) is -3.16. The SMILES string of the molecule is Nc1cccc2c1CCCN2CCC(F)(F)F. The lowest BCUT2D eigenvalue weighted by atomic mass is 10.00. The topological polar surface area (TPSA) is 29.3 Å². The van der Waals surface area contributed by atoms with E-state index in [9.17, 15) is 13.2 Å². The molecule has 0 bridgehead atoms. The summed E-state index contributed by atoms with van der Waals surface area (Å²) in [5.74, 6) is 0. The van der Waals surface area contributed by atoms with Crippen molar-refractivity contribution in [1.82, 2.24) is 0 Å². The first-order valence-corrected chi connectivity index (χ1v) is 5.66. The van der Waals surface area contributed by atoms with E-state index in [4.69, 9.17) is 5.73 Å². The van der Waals surface area contributed by atoms with Gasteiger partial charge in [-0.1, -0.05) is 6.07 Å². The van der Waals surface area contributed by atoms with Gasteiger partial charge in [-0.15, -0.1) is 0 Å². The lowest BCUT2D eigenvalue weighted by Crippen LogP contribution is -2.33. The van der Waals surface area contributed by atoms with Gasteiger partial charge in [-0.2, -0.15) is 13.2 Å². The summed E-state index contributed by atoms with van der Waals surface area (Å²) in [7, 11) is 0. The zero-order chi connectivity index (χ0) is 12.5. The number of alkyl halides is 3. The van der Waals surface area contributed by atoms with Gasteiger partial charge >= 0.3 is 6.18 Å². The normalized spacial score (nSPS) is 15.8. The van der Waals surface area contributed by atoms with Crippen molar-refractivity contribution in [3.63, 3.8) is 0 Å². The average Bonchev–Trinajstić information content (AvgIpc) is 2.26. The van der Waals surface area contributed by atoms with Crippen LogP contribution < -0.4 is 10.6 Å². The maximum Gasteiger partial charge on any atom is 0.390 e. The molecule has 1 aromatic rings. The fourth-order valence-corrected chi connectivity index (χ4v) is 2.22. The summed E-state index contributed by atoms with van der Waals surface area (Å²) in [5, 5.41) is 0. The molecule has 0 aromatic heterocycles. The van der Waals surface area contributed by atoms with E-state index >= 15 is 0 Å². The van der Waals surface area contributed by atoms with Crippen LogP contribution in [0.15, 0.2) is 18.2 Å². The number of benzene rings is 1. The third kappa shape index (κ3) is 2.84. The van der Waals surface area contributed by atoms with E-state index in [0.29, 0.717) is 12.2 Å². The Morgan fingerprint density at radius 1 is 1.29 bits per heavy atom. The van der Waals surface area contributed by atoms with Crippen molar-refractivity contribution in [2.24, 2.45) is 0 Å². The lowest BCUT2D eigenvalue weighted by molar-refractivity contribution is -0.132. The lowest BCUT2D eigenvalue weighted by Gasteiger charge is -2.32. The molecule has 0 spiro atoms. The van der Waals surface area contributed by atoms with Crippen molar-refractivity contribution >= 4 is 11.4 Å². The van der Waals surface area contributed by atoms with E-state index < -0.39 is 12.6 Å². The highest BCUT2D eigenvalue weighted by molar-refractivity contribution is 5.66. The molecule has 0 saturated carbocycles. The summed E-state index contributed by atoms with van der Waals surface area (Å²) < 4.78 is 36.6. The molecular formula is C12H15F3N2. The van der Waals surface area contributed by atoms with E-state index in [-0.39, 0.29) is 6.54 Å². The van der Waals surface area contributed by atoms with E-state index in [1.54, 1.807) is 17.0 Å². The highest BCUT2D eigenvalue weighted by Gasteiger charge is 2.29. The van der Waals surface area contributed by atoms with Crippen LogP contribution in [-0.2, 0) is 6.42 Å². The first-order chi connectivity index (χ1) is 7.97. The van der Waals surface area contributed by atoms with Crippen LogP contribution in [0.3, 0.4) is 0 Å². The smallest absolute Gasteiger partial charge is 0.390 e. The van der Waals surface area contributed by atoms with Crippen molar-refractivity contribution in [3.8, 4) is 0 Å².